The van der Waals surface area contributed by atoms with E-state index in [2.05, 4.69) is 26.3 Å². The molecule has 1 aliphatic heterocycles. The molecule has 1 aliphatic rings. The van der Waals surface area contributed by atoms with Crippen LogP contribution >= 0.6 is 34.5 Å². The van der Waals surface area contributed by atoms with Crippen LogP contribution in [0.2, 0.25) is 10.0 Å². The minimum atomic E-state index is -0.856. The van der Waals surface area contributed by atoms with Crippen LogP contribution in [-0.2, 0) is 9.59 Å². The van der Waals surface area contributed by atoms with E-state index in [1.54, 1.807) is 12.1 Å². The number of Topliss-reactive ketones (excluding diaryl/α,β-unsaturated/α-hetero) is 1. The summed E-state index contributed by atoms with van der Waals surface area (Å²) in [5.74, 6) is -0.795. The second kappa shape index (κ2) is 10.7. The predicted molar refractivity (Wildman–Crippen MR) is 125 cm³/mol. The average molecular weight is 498 g/mol. The molecule has 0 spiro atoms. The monoisotopic (exact) mass is 497 g/mol. The normalized spacial score (nSPS) is 13.7. The molecule has 5 N–H and O–H groups in total. The second-order valence-corrected chi connectivity index (χ2v) is 8.91. The third-order valence-corrected chi connectivity index (χ3v) is 5.92. The molecular formula is C20H21Cl2N5O4S. The summed E-state index contributed by atoms with van der Waals surface area (Å²) in [6.07, 6.45) is -0.0816. The summed E-state index contributed by atoms with van der Waals surface area (Å²) >= 11 is 13.2. The van der Waals surface area contributed by atoms with Crippen LogP contribution in [0.1, 0.15) is 34.6 Å². The Morgan fingerprint density at radius 1 is 1.28 bits per heavy atom. The Morgan fingerprint density at radius 2 is 2.06 bits per heavy atom. The van der Waals surface area contributed by atoms with Gasteiger partial charge in [0.1, 0.15) is 11.5 Å². The van der Waals surface area contributed by atoms with E-state index < -0.39 is 17.9 Å². The molecule has 0 bridgehead atoms. The van der Waals surface area contributed by atoms with Gasteiger partial charge in [0.25, 0.3) is 5.91 Å². The molecule has 0 saturated carbocycles. The van der Waals surface area contributed by atoms with Gasteiger partial charge in [-0.25, -0.2) is 0 Å². The lowest BCUT2D eigenvalue weighted by molar-refractivity contribution is -0.121. The van der Waals surface area contributed by atoms with E-state index in [-0.39, 0.29) is 40.1 Å². The van der Waals surface area contributed by atoms with E-state index in [0.717, 1.165) is 11.5 Å². The number of amides is 2. The highest BCUT2D eigenvalue weighted by atomic mass is 35.5. The summed E-state index contributed by atoms with van der Waals surface area (Å²) in [5, 5.41) is 22.6. The van der Waals surface area contributed by atoms with Crippen molar-refractivity contribution in [2.45, 2.75) is 19.4 Å². The highest BCUT2D eigenvalue weighted by molar-refractivity contribution is 7.18. The number of hydrogen-bond acceptors (Lipinski definition) is 8. The molecule has 0 saturated heterocycles. The zero-order valence-electron chi connectivity index (χ0n) is 17.0. The van der Waals surface area contributed by atoms with E-state index in [4.69, 9.17) is 23.2 Å². The van der Waals surface area contributed by atoms with Gasteiger partial charge in [-0.05, 0) is 31.2 Å². The van der Waals surface area contributed by atoms with E-state index >= 15 is 0 Å². The number of aromatic hydroxyl groups is 1. The van der Waals surface area contributed by atoms with E-state index in [9.17, 15) is 19.5 Å². The summed E-state index contributed by atoms with van der Waals surface area (Å²) in [4.78, 5) is 41.2. The molecule has 12 heteroatoms. The number of nitrogens with zero attached hydrogens (tertiary/aromatic N) is 1. The van der Waals surface area contributed by atoms with Crippen LogP contribution in [0.25, 0.3) is 0 Å². The number of aliphatic imine (C=N–C) groups is 1. The topological polar surface area (TPSA) is 132 Å². The van der Waals surface area contributed by atoms with E-state index in [1.165, 1.54) is 30.4 Å². The molecule has 170 valence electrons. The number of ketones is 1. The van der Waals surface area contributed by atoms with Crippen molar-refractivity contribution in [2.24, 2.45) is 4.99 Å². The molecule has 1 unspecified atom stereocenters. The Bertz CT molecular complexity index is 1070. The summed E-state index contributed by atoms with van der Waals surface area (Å²) < 4.78 is 0. The van der Waals surface area contributed by atoms with Crippen LogP contribution in [0.3, 0.4) is 0 Å². The fourth-order valence-corrected chi connectivity index (χ4v) is 4.33. The third-order valence-electron chi connectivity index (χ3n) is 4.41. The van der Waals surface area contributed by atoms with Gasteiger partial charge in [0, 0.05) is 23.6 Å². The van der Waals surface area contributed by atoms with Gasteiger partial charge < -0.3 is 26.4 Å². The van der Waals surface area contributed by atoms with Crippen LogP contribution in [0.5, 0.6) is 5.75 Å². The van der Waals surface area contributed by atoms with Crippen molar-refractivity contribution >= 4 is 63.1 Å². The number of phenolic OH excluding ortho intramolecular Hbond substituents is 1. The van der Waals surface area contributed by atoms with Crippen molar-refractivity contribution < 1.29 is 19.5 Å². The molecular weight excluding hydrogens is 477 g/mol. The molecule has 0 aliphatic carbocycles. The lowest BCUT2D eigenvalue weighted by Gasteiger charge is -2.20. The number of thiophene rings is 1. The zero-order valence-corrected chi connectivity index (χ0v) is 19.3. The van der Waals surface area contributed by atoms with Gasteiger partial charge in [-0.1, -0.05) is 23.2 Å². The first-order chi connectivity index (χ1) is 15.2. The number of guanidine groups is 1. The van der Waals surface area contributed by atoms with E-state index in [0.29, 0.717) is 17.4 Å². The molecule has 32 heavy (non-hydrogen) atoms. The summed E-state index contributed by atoms with van der Waals surface area (Å²) in [5.41, 5.74) is 0.217. The number of halogens is 2. The van der Waals surface area contributed by atoms with Gasteiger partial charge in [0.15, 0.2) is 5.96 Å². The second-order valence-electron chi connectivity index (χ2n) is 6.98. The SMILES string of the molecule is CC(=O)CC(NC(=O)CNC(=O)c1ccc(NC2=NCCN2)s1)c1cc(Cl)cc(Cl)c1O. The van der Waals surface area contributed by atoms with Crippen LogP contribution < -0.4 is 21.3 Å². The van der Waals surface area contributed by atoms with Crippen LogP contribution in [0.15, 0.2) is 29.3 Å². The Kier molecular flexibility index (Phi) is 7.94. The number of nitrogens with one attached hydrogen (secondary N) is 4. The van der Waals surface area contributed by atoms with Crippen molar-refractivity contribution in [3.63, 3.8) is 0 Å². The summed E-state index contributed by atoms with van der Waals surface area (Å²) in [7, 11) is 0. The fraction of sp³-hybridized carbons (Fsp3) is 0.300. The summed E-state index contributed by atoms with van der Waals surface area (Å²) in [6.45, 7) is 2.50. The molecule has 2 heterocycles. The Balaban J connectivity index is 1.60. The van der Waals surface area contributed by atoms with Crippen molar-refractivity contribution in [3.8, 4) is 5.75 Å². The van der Waals surface area contributed by atoms with Crippen LogP contribution in [-0.4, -0.2) is 48.3 Å². The number of anilines is 1. The number of phenols is 1. The van der Waals surface area contributed by atoms with Crippen molar-refractivity contribution in [3.05, 3.63) is 44.8 Å². The highest BCUT2D eigenvalue weighted by Gasteiger charge is 2.22. The van der Waals surface area contributed by atoms with Gasteiger partial charge in [0.05, 0.1) is 34.0 Å². The Morgan fingerprint density at radius 3 is 2.75 bits per heavy atom. The van der Waals surface area contributed by atoms with Crippen molar-refractivity contribution in [1.82, 2.24) is 16.0 Å². The first-order valence-electron chi connectivity index (χ1n) is 9.63. The Hall–Kier alpha value is -2.82. The predicted octanol–water partition coefficient (Wildman–Crippen LogP) is 2.70. The minimum Gasteiger partial charge on any atom is -0.506 e. The van der Waals surface area contributed by atoms with Gasteiger partial charge in [-0.2, -0.15) is 0 Å². The molecule has 0 radical (unpaired) electrons. The Labute approximate surface area is 198 Å². The van der Waals surface area contributed by atoms with Crippen LogP contribution in [0, 0.1) is 0 Å². The number of carbonyl (C=O) groups excluding carboxylic acids is 3. The zero-order chi connectivity index (χ0) is 23.3. The van der Waals surface area contributed by atoms with Gasteiger partial charge in [-0.15, -0.1) is 11.3 Å². The molecule has 1 aromatic heterocycles. The largest absolute Gasteiger partial charge is 0.506 e. The van der Waals surface area contributed by atoms with Crippen LogP contribution in [0.4, 0.5) is 5.00 Å². The third kappa shape index (κ3) is 6.35. The number of carbonyl (C=O) groups is 3. The van der Waals surface area contributed by atoms with Crippen molar-refractivity contribution in [2.75, 3.05) is 25.0 Å². The van der Waals surface area contributed by atoms with Gasteiger partial charge in [0.2, 0.25) is 5.91 Å². The first kappa shape index (κ1) is 23.8. The number of benzene rings is 1. The van der Waals surface area contributed by atoms with Crippen molar-refractivity contribution in [1.29, 1.82) is 0 Å². The van der Waals surface area contributed by atoms with Gasteiger partial charge in [-0.3, -0.25) is 19.4 Å². The lowest BCUT2D eigenvalue weighted by atomic mass is 10.0. The standard InChI is InChI=1S/C20H21Cl2N5O4S/c1-10(28)6-14(12-7-11(21)8-13(22)18(12)30)26-16(29)9-25-19(31)15-2-3-17(32-15)27-20-23-4-5-24-20/h2-3,7-8,14,30H,4-6,9H2,1H3,(H,25,31)(H,26,29)(H2,23,24,27). The first-order valence-corrected chi connectivity index (χ1v) is 11.2. The average Bonchev–Trinajstić information content (AvgIpc) is 3.40. The molecule has 1 aromatic carbocycles. The fourth-order valence-electron chi connectivity index (χ4n) is 3.00. The molecule has 2 amide bonds. The van der Waals surface area contributed by atoms with Gasteiger partial charge >= 0.3 is 0 Å². The minimum absolute atomic E-state index is 0.00415. The smallest absolute Gasteiger partial charge is 0.261 e. The maximum Gasteiger partial charge on any atom is 0.261 e. The quantitative estimate of drug-likeness (QED) is 0.380. The summed E-state index contributed by atoms with van der Waals surface area (Å²) in [6, 6.07) is 5.31. The maximum atomic E-state index is 12.4. The van der Waals surface area contributed by atoms with E-state index in [1.807, 2.05) is 0 Å². The molecule has 1 atom stereocenters. The molecule has 9 nitrogen and oxygen atoms in total. The molecule has 3 rings (SSSR count). The number of rotatable bonds is 8. The number of hydrogen-bond donors (Lipinski definition) is 5. The molecule has 0 fully saturated rings. The lowest BCUT2D eigenvalue weighted by Crippen LogP contribution is -2.39. The molecule has 2 aromatic rings. The maximum absolute atomic E-state index is 12.4. The highest BCUT2D eigenvalue weighted by Crippen LogP contribution is 2.36.